The molecule has 1 aliphatic rings. The number of aryl methyl sites for hydroxylation is 1. The summed E-state index contributed by atoms with van der Waals surface area (Å²) in [6.07, 6.45) is 2.68. The van der Waals surface area contributed by atoms with Crippen LogP contribution in [0.3, 0.4) is 0 Å². The molecule has 0 aromatic heterocycles. The normalized spacial score (nSPS) is 24.4. The van der Waals surface area contributed by atoms with E-state index in [1.54, 1.807) is 13.8 Å². The Kier molecular flexibility index (Phi) is 7.78. The van der Waals surface area contributed by atoms with Crippen LogP contribution in [-0.2, 0) is 20.3 Å². The molecule has 2 amide bonds. The molecular formula is C20H31NO5P+. The van der Waals surface area contributed by atoms with Gasteiger partial charge in [0.15, 0.2) is 0 Å². The van der Waals surface area contributed by atoms with E-state index in [1.165, 1.54) is 5.56 Å². The standard InChI is InChI=1S/C20H30NO5P/c1-3-26-27(25,15-8-7-13-18-11-5-4-6-12-18)16-19(22)21(20(23)24)14-9-10-17(21)2/h4-6,11-12,17H,3,7-10,13-16H2,1-2H3/p+1/t17-,21?,27?/m1/s1. The van der Waals surface area contributed by atoms with E-state index in [1.807, 2.05) is 18.2 Å². The third kappa shape index (κ3) is 5.28. The van der Waals surface area contributed by atoms with Gasteiger partial charge in [-0.1, -0.05) is 30.3 Å². The maximum absolute atomic E-state index is 13.2. The maximum atomic E-state index is 13.2. The number of likely N-dealkylation sites (tertiary alicyclic amines) is 1. The molecule has 0 spiro atoms. The van der Waals surface area contributed by atoms with Crippen molar-refractivity contribution in [3.05, 3.63) is 35.9 Å². The van der Waals surface area contributed by atoms with Gasteiger partial charge in [-0.05, 0) is 38.7 Å². The number of hydrogen-bond acceptors (Lipinski definition) is 4. The van der Waals surface area contributed by atoms with E-state index < -0.39 is 23.9 Å². The molecule has 0 aliphatic carbocycles. The molecule has 7 heteroatoms. The predicted molar refractivity (Wildman–Crippen MR) is 105 cm³/mol. The van der Waals surface area contributed by atoms with Gasteiger partial charge in [-0.25, -0.2) is 4.79 Å². The minimum atomic E-state index is -3.19. The zero-order valence-corrected chi connectivity index (χ0v) is 17.2. The Balaban J connectivity index is 1.99. The van der Waals surface area contributed by atoms with Gasteiger partial charge in [0.25, 0.3) is 0 Å². The van der Waals surface area contributed by atoms with Crippen molar-refractivity contribution in [1.29, 1.82) is 0 Å². The Bertz CT molecular complexity index is 693. The number of imide groups is 1. The van der Waals surface area contributed by atoms with E-state index in [9.17, 15) is 19.3 Å². The Labute approximate surface area is 161 Å². The summed E-state index contributed by atoms with van der Waals surface area (Å²) in [6.45, 7) is 4.06. The smallest absolute Gasteiger partial charge is 0.435 e. The molecule has 1 aliphatic heterocycles. The molecule has 1 fully saturated rings. The second kappa shape index (κ2) is 9.63. The van der Waals surface area contributed by atoms with Crippen LogP contribution in [0.5, 0.6) is 0 Å². The number of rotatable bonds is 9. The van der Waals surface area contributed by atoms with Crippen molar-refractivity contribution in [3.63, 3.8) is 0 Å². The lowest BCUT2D eigenvalue weighted by Crippen LogP contribution is -2.59. The van der Waals surface area contributed by atoms with Gasteiger partial charge in [-0.2, -0.15) is 9.28 Å². The van der Waals surface area contributed by atoms with Gasteiger partial charge in [-0.15, -0.1) is 0 Å². The van der Waals surface area contributed by atoms with Crippen molar-refractivity contribution in [1.82, 2.24) is 0 Å². The fourth-order valence-corrected chi connectivity index (χ4v) is 6.14. The highest BCUT2D eigenvalue weighted by molar-refractivity contribution is 7.59. The van der Waals surface area contributed by atoms with Crippen molar-refractivity contribution < 1.29 is 28.3 Å². The highest BCUT2D eigenvalue weighted by atomic mass is 31.2. The van der Waals surface area contributed by atoms with Crippen molar-refractivity contribution in [3.8, 4) is 0 Å². The summed E-state index contributed by atoms with van der Waals surface area (Å²) in [5.41, 5.74) is 1.22. The number of nitrogens with zero attached hydrogens (tertiary/aromatic N) is 1. The van der Waals surface area contributed by atoms with Crippen LogP contribution in [0, 0.1) is 0 Å². The van der Waals surface area contributed by atoms with Crippen LogP contribution in [0.15, 0.2) is 30.3 Å². The fraction of sp³-hybridized carbons (Fsp3) is 0.600. The number of amides is 2. The monoisotopic (exact) mass is 396 g/mol. The number of carbonyl (C=O) groups is 2. The van der Waals surface area contributed by atoms with Gasteiger partial charge in [0.2, 0.25) is 7.37 Å². The highest BCUT2D eigenvalue weighted by Gasteiger charge is 2.54. The summed E-state index contributed by atoms with van der Waals surface area (Å²) >= 11 is 0. The highest BCUT2D eigenvalue weighted by Crippen LogP contribution is 2.49. The molecule has 2 rings (SSSR count). The lowest BCUT2D eigenvalue weighted by Gasteiger charge is -2.30. The molecule has 0 bridgehead atoms. The summed E-state index contributed by atoms with van der Waals surface area (Å²) < 4.78 is 18.1. The summed E-state index contributed by atoms with van der Waals surface area (Å²) in [5.74, 6) is -0.479. The number of benzene rings is 1. The topological polar surface area (TPSA) is 80.7 Å². The number of carboxylic acid groups (broad SMARTS) is 1. The molecular weight excluding hydrogens is 365 g/mol. The Morgan fingerprint density at radius 3 is 2.52 bits per heavy atom. The van der Waals surface area contributed by atoms with Crippen molar-refractivity contribution in [2.45, 2.75) is 52.0 Å². The molecule has 150 valence electrons. The number of unbranched alkanes of at least 4 members (excludes halogenated alkanes) is 1. The number of carbonyl (C=O) groups excluding carboxylic acids is 1. The predicted octanol–water partition coefficient (Wildman–Crippen LogP) is 4.53. The van der Waals surface area contributed by atoms with Crippen LogP contribution in [0.1, 0.15) is 45.1 Å². The van der Waals surface area contributed by atoms with Crippen molar-refractivity contribution >= 4 is 19.4 Å². The number of quaternary nitrogens is 1. The molecule has 1 N–H and O–H groups in total. The van der Waals surface area contributed by atoms with Gasteiger partial charge in [0.1, 0.15) is 12.2 Å². The van der Waals surface area contributed by atoms with E-state index >= 15 is 0 Å². The molecule has 1 saturated heterocycles. The van der Waals surface area contributed by atoms with Gasteiger partial charge >= 0.3 is 12.0 Å². The van der Waals surface area contributed by atoms with E-state index in [2.05, 4.69) is 12.1 Å². The first-order valence-electron chi connectivity index (χ1n) is 9.75. The van der Waals surface area contributed by atoms with E-state index in [0.29, 0.717) is 25.4 Å². The first kappa shape index (κ1) is 21.8. The summed E-state index contributed by atoms with van der Waals surface area (Å²) in [6, 6.07) is 9.78. The molecule has 6 nitrogen and oxygen atoms in total. The zero-order valence-electron chi connectivity index (χ0n) is 16.3. The molecule has 1 aromatic rings. The quantitative estimate of drug-likeness (QED) is 0.377. The number of hydrogen-bond donors (Lipinski definition) is 1. The lowest BCUT2D eigenvalue weighted by molar-refractivity contribution is -0.791. The molecule has 3 atom stereocenters. The van der Waals surface area contributed by atoms with Gasteiger partial charge in [-0.3, -0.25) is 4.57 Å². The Hall–Kier alpha value is -1.49. The van der Waals surface area contributed by atoms with Crippen LogP contribution >= 0.6 is 7.37 Å². The minimum Gasteiger partial charge on any atom is -0.435 e. The van der Waals surface area contributed by atoms with Gasteiger partial charge in [0, 0.05) is 19.0 Å². The Morgan fingerprint density at radius 1 is 1.26 bits per heavy atom. The van der Waals surface area contributed by atoms with Crippen LogP contribution in [0.4, 0.5) is 4.79 Å². The van der Waals surface area contributed by atoms with E-state index in [4.69, 9.17) is 4.52 Å². The average Bonchev–Trinajstić information content (AvgIpc) is 3.02. The zero-order chi connectivity index (χ0) is 19.9. The van der Waals surface area contributed by atoms with Crippen LogP contribution in [0.2, 0.25) is 0 Å². The second-order valence-corrected chi connectivity index (χ2v) is 9.97. The molecule has 27 heavy (non-hydrogen) atoms. The van der Waals surface area contributed by atoms with Crippen LogP contribution in [-0.4, -0.2) is 53.1 Å². The van der Waals surface area contributed by atoms with Gasteiger partial charge in [0.05, 0.1) is 13.2 Å². The average molecular weight is 396 g/mol. The maximum Gasteiger partial charge on any atom is 0.521 e. The van der Waals surface area contributed by atoms with E-state index in [-0.39, 0.29) is 25.4 Å². The Morgan fingerprint density at radius 2 is 1.96 bits per heavy atom. The summed E-state index contributed by atoms with van der Waals surface area (Å²) in [4.78, 5) is 24.8. The molecule has 0 radical (unpaired) electrons. The molecule has 2 unspecified atom stereocenters. The first-order chi connectivity index (χ1) is 12.8. The molecule has 1 aromatic carbocycles. The van der Waals surface area contributed by atoms with Crippen molar-refractivity contribution in [2.75, 3.05) is 25.5 Å². The van der Waals surface area contributed by atoms with Crippen LogP contribution in [0.25, 0.3) is 0 Å². The van der Waals surface area contributed by atoms with E-state index in [0.717, 1.165) is 12.8 Å². The molecule has 0 saturated carbocycles. The third-order valence-corrected chi connectivity index (χ3v) is 7.95. The lowest BCUT2D eigenvalue weighted by atomic mass is 10.1. The van der Waals surface area contributed by atoms with Crippen molar-refractivity contribution in [2.24, 2.45) is 0 Å². The largest absolute Gasteiger partial charge is 0.521 e. The van der Waals surface area contributed by atoms with Crippen LogP contribution < -0.4 is 0 Å². The minimum absolute atomic E-state index is 0.256. The fourth-order valence-electron chi connectivity index (χ4n) is 3.92. The second-order valence-electron chi connectivity index (χ2n) is 7.32. The third-order valence-electron chi connectivity index (χ3n) is 5.47. The summed E-state index contributed by atoms with van der Waals surface area (Å²) in [7, 11) is -3.19. The first-order valence-corrected chi connectivity index (χ1v) is 11.7. The summed E-state index contributed by atoms with van der Waals surface area (Å²) in [5, 5.41) is 9.69. The SMILES string of the molecule is CCOP(=O)(CCCCc1ccccc1)CC(=O)[N+]1(C(=O)O)CCC[C@H]1C. The van der Waals surface area contributed by atoms with Gasteiger partial charge < -0.3 is 9.63 Å². The molecule has 1 heterocycles.